The van der Waals surface area contributed by atoms with Gasteiger partial charge in [0.1, 0.15) is 0 Å². The molecule has 2 heteroatoms. The molecule has 2 aliphatic carbocycles. The Kier molecular flexibility index (Phi) is 2.91. The summed E-state index contributed by atoms with van der Waals surface area (Å²) in [6, 6.07) is 2.66. The van der Waals surface area contributed by atoms with Crippen molar-refractivity contribution < 1.29 is 0 Å². The van der Waals surface area contributed by atoms with Crippen LogP contribution >= 0.6 is 0 Å². The monoisotopic (exact) mass is 230 g/mol. The zero-order valence-electron chi connectivity index (χ0n) is 10.8. The molecule has 0 saturated heterocycles. The average molecular weight is 230 g/mol. The summed E-state index contributed by atoms with van der Waals surface area (Å²) in [6.45, 7) is 2.20. The van der Waals surface area contributed by atoms with Crippen molar-refractivity contribution in [2.24, 2.45) is 17.8 Å². The van der Waals surface area contributed by atoms with Crippen LogP contribution in [0.2, 0.25) is 0 Å². The van der Waals surface area contributed by atoms with Gasteiger partial charge in [-0.05, 0) is 61.8 Å². The lowest BCUT2D eigenvalue weighted by Gasteiger charge is -2.18. The predicted molar refractivity (Wildman–Crippen MR) is 69.7 cm³/mol. The fraction of sp³-hybridized carbons (Fsp3) is 0.667. The fourth-order valence-corrected chi connectivity index (χ4v) is 3.90. The summed E-state index contributed by atoms with van der Waals surface area (Å²) in [5.74, 6) is 2.84. The topological polar surface area (TPSA) is 24.9 Å². The van der Waals surface area contributed by atoms with E-state index in [-0.39, 0.29) is 0 Å². The van der Waals surface area contributed by atoms with Gasteiger partial charge in [-0.3, -0.25) is 4.98 Å². The standard InChI is InChI=1S/C15H22N2/c1-10-7-8-17-9-13(10)15(16-2)14-11-5-3-4-6-12(11)14/h7-9,11-12,14-16H,3-6H2,1-2H3. The van der Waals surface area contributed by atoms with Crippen molar-refractivity contribution in [3.63, 3.8) is 0 Å². The number of fused-ring (bicyclic) bond motifs is 1. The molecule has 2 fully saturated rings. The second-order valence-corrected chi connectivity index (χ2v) is 5.69. The van der Waals surface area contributed by atoms with Gasteiger partial charge in [0.05, 0.1) is 0 Å². The molecule has 0 amide bonds. The van der Waals surface area contributed by atoms with Gasteiger partial charge in [0.25, 0.3) is 0 Å². The molecule has 0 aromatic carbocycles. The minimum absolute atomic E-state index is 0.525. The van der Waals surface area contributed by atoms with Crippen LogP contribution < -0.4 is 5.32 Å². The number of aryl methyl sites for hydroxylation is 1. The van der Waals surface area contributed by atoms with E-state index in [0.29, 0.717) is 6.04 Å². The van der Waals surface area contributed by atoms with Gasteiger partial charge in [0.15, 0.2) is 0 Å². The van der Waals surface area contributed by atoms with Crippen molar-refractivity contribution in [3.05, 3.63) is 29.6 Å². The van der Waals surface area contributed by atoms with Gasteiger partial charge in [-0.25, -0.2) is 0 Å². The maximum atomic E-state index is 4.30. The largest absolute Gasteiger partial charge is 0.313 e. The first-order chi connectivity index (χ1) is 8.33. The minimum Gasteiger partial charge on any atom is -0.313 e. The number of hydrogen-bond donors (Lipinski definition) is 1. The first kappa shape index (κ1) is 11.2. The summed E-state index contributed by atoms with van der Waals surface area (Å²) in [4.78, 5) is 4.30. The average Bonchev–Trinajstić information content (AvgIpc) is 3.07. The molecule has 1 aromatic rings. The maximum Gasteiger partial charge on any atom is 0.0369 e. The first-order valence-electron chi connectivity index (χ1n) is 6.90. The van der Waals surface area contributed by atoms with E-state index < -0.39 is 0 Å². The molecular weight excluding hydrogens is 208 g/mol. The summed E-state index contributed by atoms with van der Waals surface area (Å²) in [6.07, 6.45) is 9.74. The molecule has 1 aromatic heterocycles. The lowest BCUT2D eigenvalue weighted by molar-refractivity contribution is 0.478. The van der Waals surface area contributed by atoms with Gasteiger partial charge in [0, 0.05) is 18.4 Å². The van der Waals surface area contributed by atoms with Crippen molar-refractivity contribution in [2.75, 3.05) is 7.05 Å². The number of pyridine rings is 1. The Morgan fingerprint density at radius 2 is 2.00 bits per heavy atom. The molecule has 3 atom stereocenters. The molecule has 1 N–H and O–H groups in total. The molecule has 17 heavy (non-hydrogen) atoms. The van der Waals surface area contributed by atoms with E-state index in [4.69, 9.17) is 0 Å². The van der Waals surface area contributed by atoms with E-state index in [9.17, 15) is 0 Å². The lowest BCUT2D eigenvalue weighted by atomic mass is 9.98. The van der Waals surface area contributed by atoms with Crippen LogP contribution in [-0.2, 0) is 0 Å². The molecule has 3 unspecified atom stereocenters. The fourth-order valence-electron chi connectivity index (χ4n) is 3.90. The smallest absolute Gasteiger partial charge is 0.0369 e. The highest BCUT2D eigenvalue weighted by atomic mass is 14.9. The quantitative estimate of drug-likeness (QED) is 0.863. The Bertz CT molecular complexity index is 390. The normalized spacial score (nSPS) is 32.9. The van der Waals surface area contributed by atoms with Crippen LogP contribution in [0.15, 0.2) is 18.5 Å². The molecule has 1 heterocycles. The van der Waals surface area contributed by atoms with E-state index in [1.54, 1.807) is 0 Å². The van der Waals surface area contributed by atoms with E-state index in [1.165, 1.54) is 36.8 Å². The van der Waals surface area contributed by atoms with Gasteiger partial charge >= 0.3 is 0 Å². The van der Waals surface area contributed by atoms with Crippen molar-refractivity contribution in [1.29, 1.82) is 0 Å². The van der Waals surface area contributed by atoms with Crippen LogP contribution in [0.1, 0.15) is 42.9 Å². The van der Waals surface area contributed by atoms with Crippen LogP contribution in [0.25, 0.3) is 0 Å². The molecule has 0 radical (unpaired) electrons. The number of hydrogen-bond acceptors (Lipinski definition) is 2. The van der Waals surface area contributed by atoms with Crippen LogP contribution in [0.4, 0.5) is 0 Å². The summed E-state index contributed by atoms with van der Waals surface area (Å²) in [5, 5.41) is 3.54. The highest BCUT2D eigenvalue weighted by Gasteiger charge is 2.54. The van der Waals surface area contributed by atoms with Gasteiger partial charge in [-0.2, -0.15) is 0 Å². The summed E-state index contributed by atoms with van der Waals surface area (Å²) < 4.78 is 0. The van der Waals surface area contributed by atoms with Crippen molar-refractivity contribution in [2.45, 2.75) is 38.6 Å². The van der Waals surface area contributed by atoms with Crippen molar-refractivity contribution >= 4 is 0 Å². The molecule has 0 bridgehead atoms. The Morgan fingerprint density at radius 3 is 2.59 bits per heavy atom. The van der Waals surface area contributed by atoms with Crippen LogP contribution in [0.5, 0.6) is 0 Å². The van der Waals surface area contributed by atoms with Gasteiger partial charge in [0.2, 0.25) is 0 Å². The van der Waals surface area contributed by atoms with Gasteiger partial charge < -0.3 is 5.32 Å². The highest BCUT2D eigenvalue weighted by Crippen LogP contribution is 2.60. The van der Waals surface area contributed by atoms with E-state index >= 15 is 0 Å². The molecule has 92 valence electrons. The minimum atomic E-state index is 0.525. The molecular formula is C15H22N2. The third-order valence-corrected chi connectivity index (χ3v) is 4.83. The SMILES string of the molecule is CNC(c1cnccc1C)C1C2CCCCC21. The van der Waals surface area contributed by atoms with Gasteiger partial charge in [-0.1, -0.05) is 12.8 Å². The van der Waals surface area contributed by atoms with Crippen LogP contribution in [-0.4, -0.2) is 12.0 Å². The Morgan fingerprint density at radius 1 is 1.29 bits per heavy atom. The number of nitrogens with zero attached hydrogens (tertiary/aromatic N) is 1. The van der Waals surface area contributed by atoms with Crippen molar-refractivity contribution in [1.82, 2.24) is 10.3 Å². The van der Waals surface area contributed by atoms with E-state index in [1.807, 2.05) is 6.20 Å². The predicted octanol–water partition coefficient (Wildman–Crippen LogP) is 3.09. The Balaban J connectivity index is 1.83. The van der Waals surface area contributed by atoms with Crippen LogP contribution in [0.3, 0.4) is 0 Å². The van der Waals surface area contributed by atoms with Crippen LogP contribution in [0, 0.1) is 24.7 Å². The molecule has 2 aliphatic rings. The summed E-state index contributed by atoms with van der Waals surface area (Å²) in [5.41, 5.74) is 2.79. The molecule has 2 saturated carbocycles. The zero-order chi connectivity index (χ0) is 11.8. The third-order valence-electron chi connectivity index (χ3n) is 4.83. The van der Waals surface area contributed by atoms with E-state index in [2.05, 4.69) is 36.5 Å². The number of rotatable bonds is 3. The Labute approximate surface area is 104 Å². The lowest BCUT2D eigenvalue weighted by Crippen LogP contribution is -2.21. The highest BCUT2D eigenvalue weighted by molar-refractivity contribution is 5.28. The second-order valence-electron chi connectivity index (χ2n) is 5.69. The maximum absolute atomic E-state index is 4.30. The van der Waals surface area contributed by atoms with E-state index in [0.717, 1.165) is 17.8 Å². The molecule has 2 nitrogen and oxygen atoms in total. The number of nitrogens with one attached hydrogen (secondary N) is 1. The third kappa shape index (κ3) is 1.89. The summed E-state index contributed by atoms with van der Waals surface area (Å²) in [7, 11) is 2.10. The Hall–Kier alpha value is -0.890. The van der Waals surface area contributed by atoms with Gasteiger partial charge in [-0.15, -0.1) is 0 Å². The second kappa shape index (κ2) is 4.41. The van der Waals surface area contributed by atoms with Crippen molar-refractivity contribution in [3.8, 4) is 0 Å². The number of aromatic nitrogens is 1. The molecule has 0 spiro atoms. The molecule has 3 rings (SSSR count). The first-order valence-corrected chi connectivity index (χ1v) is 6.90. The molecule has 0 aliphatic heterocycles. The summed E-state index contributed by atoms with van der Waals surface area (Å²) >= 11 is 0. The zero-order valence-corrected chi connectivity index (χ0v) is 10.8.